The van der Waals surface area contributed by atoms with E-state index >= 15 is 0 Å². The van der Waals surface area contributed by atoms with Crippen LogP contribution in [0.3, 0.4) is 0 Å². The van der Waals surface area contributed by atoms with Gasteiger partial charge in [-0.3, -0.25) is 9.59 Å². The van der Waals surface area contributed by atoms with Crippen LogP contribution in [0.2, 0.25) is 0 Å². The summed E-state index contributed by atoms with van der Waals surface area (Å²) in [5.74, 6) is -0.632. The first kappa shape index (κ1) is 22.4. The van der Waals surface area contributed by atoms with Gasteiger partial charge in [0.05, 0.1) is 53.0 Å². The fraction of sp³-hybridized carbons (Fsp3) is 0.333. The van der Waals surface area contributed by atoms with E-state index in [4.69, 9.17) is 9.47 Å². The number of ketones is 1. The number of likely N-dealkylation sites (tertiary alicyclic amines) is 1. The fourth-order valence-electron chi connectivity index (χ4n) is 3.77. The normalized spacial score (nSPS) is 18.0. The zero-order valence-electron chi connectivity index (χ0n) is 18.6. The molecule has 164 valence electrons. The lowest BCUT2D eigenvalue weighted by atomic mass is 9.94. The Morgan fingerprint density at radius 2 is 1.74 bits per heavy atom. The van der Waals surface area contributed by atoms with E-state index in [9.17, 15) is 14.7 Å². The summed E-state index contributed by atoms with van der Waals surface area (Å²) in [6.45, 7) is 2.93. The molecule has 0 saturated carbocycles. The summed E-state index contributed by atoms with van der Waals surface area (Å²) < 4.78 is 11.0. The molecule has 31 heavy (non-hydrogen) atoms. The number of methoxy groups -OCH3 is 2. The highest BCUT2D eigenvalue weighted by atomic mass is 16.5. The van der Waals surface area contributed by atoms with Crippen molar-refractivity contribution in [3.8, 4) is 11.5 Å². The summed E-state index contributed by atoms with van der Waals surface area (Å²) in [7, 11) is 6.99. The average molecular weight is 426 g/mol. The van der Waals surface area contributed by atoms with Crippen molar-refractivity contribution >= 4 is 17.4 Å². The number of ether oxygens (including phenoxy) is 2. The molecule has 1 fully saturated rings. The number of quaternary nitrogens is 1. The second-order valence-corrected chi connectivity index (χ2v) is 7.90. The predicted molar refractivity (Wildman–Crippen MR) is 117 cm³/mol. The van der Waals surface area contributed by atoms with Crippen molar-refractivity contribution in [2.75, 3.05) is 41.4 Å². The second kappa shape index (κ2) is 9.22. The van der Waals surface area contributed by atoms with E-state index in [0.717, 1.165) is 10.5 Å². The molecule has 3 rings (SSSR count). The van der Waals surface area contributed by atoms with Crippen LogP contribution in [-0.2, 0) is 9.59 Å². The van der Waals surface area contributed by atoms with Gasteiger partial charge < -0.3 is 24.4 Å². The van der Waals surface area contributed by atoms with Crippen molar-refractivity contribution in [1.29, 1.82) is 0 Å². The Hall–Kier alpha value is -3.32. The van der Waals surface area contributed by atoms with Crippen molar-refractivity contribution in [1.82, 2.24) is 4.90 Å². The minimum atomic E-state index is -0.786. The van der Waals surface area contributed by atoms with Crippen molar-refractivity contribution in [2.24, 2.45) is 0 Å². The van der Waals surface area contributed by atoms with E-state index in [2.05, 4.69) is 0 Å². The van der Waals surface area contributed by atoms with Crippen LogP contribution in [0.25, 0.3) is 5.76 Å². The summed E-state index contributed by atoms with van der Waals surface area (Å²) in [5, 5.41) is 11.1. The highest BCUT2D eigenvalue weighted by Gasteiger charge is 2.47. The Balaban J connectivity index is 2.23. The monoisotopic (exact) mass is 425 g/mol. The molecule has 7 heteroatoms. The molecule has 1 amide bonds. The van der Waals surface area contributed by atoms with E-state index in [1.807, 2.05) is 33.2 Å². The zero-order valence-corrected chi connectivity index (χ0v) is 18.6. The fourth-order valence-corrected chi connectivity index (χ4v) is 3.77. The van der Waals surface area contributed by atoms with Crippen LogP contribution in [-0.4, -0.2) is 63.1 Å². The molecule has 2 N–H and O–H groups in total. The van der Waals surface area contributed by atoms with E-state index in [1.54, 1.807) is 30.3 Å². The summed E-state index contributed by atoms with van der Waals surface area (Å²) in [6.07, 6.45) is 0. The van der Waals surface area contributed by atoms with Gasteiger partial charge in [-0.1, -0.05) is 42.0 Å². The summed E-state index contributed by atoms with van der Waals surface area (Å²) >= 11 is 0. The van der Waals surface area contributed by atoms with Crippen LogP contribution in [0.4, 0.5) is 0 Å². The molecule has 1 heterocycles. The van der Waals surface area contributed by atoms with Crippen molar-refractivity contribution < 1.29 is 29.1 Å². The summed E-state index contributed by atoms with van der Waals surface area (Å²) in [6, 6.07) is 11.7. The Kier molecular flexibility index (Phi) is 6.65. The number of benzene rings is 2. The third-order valence-corrected chi connectivity index (χ3v) is 5.45. The lowest BCUT2D eigenvalue weighted by Gasteiger charge is -2.27. The molecule has 0 spiro atoms. The number of nitrogens with zero attached hydrogens (tertiary/aromatic N) is 1. The maximum atomic E-state index is 13.1. The Morgan fingerprint density at radius 3 is 2.32 bits per heavy atom. The number of rotatable bonds is 7. The van der Waals surface area contributed by atoms with E-state index in [0.29, 0.717) is 35.7 Å². The first-order valence-corrected chi connectivity index (χ1v) is 10.2. The molecule has 2 aromatic carbocycles. The Morgan fingerprint density at radius 1 is 1.06 bits per heavy atom. The maximum absolute atomic E-state index is 13.1. The molecule has 1 aliphatic rings. The number of carbonyl (C=O) groups excluding carboxylic acids is 2. The Bertz CT molecular complexity index is 1010. The average Bonchev–Trinajstić information content (AvgIpc) is 3.01. The van der Waals surface area contributed by atoms with Crippen molar-refractivity contribution in [3.05, 3.63) is 64.7 Å². The van der Waals surface area contributed by atoms with Gasteiger partial charge in [0, 0.05) is 11.1 Å². The van der Waals surface area contributed by atoms with Gasteiger partial charge >= 0.3 is 0 Å². The SMILES string of the molecule is COc1cccc([C@@H]2C(=C(O)c3ccc(C)cc3)C(=O)C(=O)N2CC[NH+](C)C)c1OC. The van der Waals surface area contributed by atoms with Gasteiger partial charge in [0.2, 0.25) is 0 Å². The minimum Gasteiger partial charge on any atom is -0.507 e. The molecule has 7 nitrogen and oxygen atoms in total. The molecule has 0 aliphatic carbocycles. The number of Topliss-reactive ketones (excluding diaryl/α,β-unsaturated/α-hetero) is 1. The number of aryl methyl sites for hydroxylation is 1. The molecule has 1 atom stereocenters. The number of hydrogen-bond donors (Lipinski definition) is 2. The van der Waals surface area contributed by atoms with Gasteiger partial charge in [0.25, 0.3) is 11.7 Å². The first-order chi connectivity index (χ1) is 14.8. The van der Waals surface area contributed by atoms with Crippen LogP contribution in [0, 0.1) is 6.92 Å². The highest BCUT2D eigenvalue weighted by Crippen LogP contribution is 2.45. The minimum absolute atomic E-state index is 0.0502. The summed E-state index contributed by atoms with van der Waals surface area (Å²) in [5.41, 5.74) is 2.14. The largest absolute Gasteiger partial charge is 0.507 e. The lowest BCUT2D eigenvalue weighted by molar-refractivity contribution is -0.857. The van der Waals surface area contributed by atoms with Crippen LogP contribution in [0.1, 0.15) is 22.7 Å². The highest BCUT2D eigenvalue weighted by molar-refractivity contribution is 6.46. The quantitative estimate of drug-likeness (QED) is 0.400. The molecular formula is C24H29N2O5+. The smallest absolute Gasteiger partial charge is 0.295 e. The van der Waals surface area contributed by atoms with Crippen LogP contribution in [0.15, 0.2) is 48.0 Å². The predicted octanol–water partition coefficient (Wildman–Crippen LogP) is 1.58. The third-order valence-electron chi connectivity index (χ3n) is 5.45. The van der Waals surface area contributed by atoms with Crippen molar-refractivity contribution in [2.45, 2.75) is 13.0 Å². The second-order valence-electron chi connectivity index (χ2n) is 7.90. The molecule has 1 saturated heterocycles. The number of aliphatic hydroxyl groups is 1. The van der Waals surface area contributed by atoms with Crippen LogP contribution < -0.4 is 14.4 Å². The topological polar surface area (TPSA) is 80.5 Å². The number of aliphatic hydroxyl groups excluding tert-OH is 1. The standard InChI is InChI=1S/C24H28N2O5/c1-15-9-11-16(12-10-15)21(27)19-20(17-7-6-8-18(30-4)23(17)31-5)26(14-13-25(2)3)24(29)22(19)28/h6-12,20,27H,13-14H2,1-5H3/p+1/t20-/m1/s1. The number of carbonyl (C=O) groups is 2. The zero-order chi connectivity index (χ0) is 22.7. The van der Waals surface area contributed by atoms with Gasteiger partial charge in [-0.2, -0.15) is 0 Å². The van der Waals surface area contributed by atoms with E-state index in [-0.39, 0.29) is 11.3 Å². The number of nitrogens with one attached hydrogen (secondary N) is 1. The van der Waals surface area contributed by atoms with E-state index in [1.165, 1.54) is 19.1 Å². The molecule has 0 unspecified atom stereocenters. The van der Waals surface area contributed by atoms with Gasteiger partial charge in [0.1, 0.15) is 5.76 Å². The van der Waals surface area contributed by atoms with E-state index < -0.39 is 17.7 Å². The number of likely N-dealkylation sites (N-methyl/N-ethyl adjacent to an activating group) is 1. The lowest BCUT2D eigenvalue weighted by Crippen LogP contribution is -3.06. The number of para-hydroxylation sites is 1. The van der Waals surface area contributed by atoms with Crippen LogP contribution in [0.5, 0.6) is 11.5 Å². The molecule has 0 radical (unpaired) electrons. The number of hydrogen-bond acceptors (Lipinski definition) is 5. The van der Waals surface area contributed by atoms with Crippen molar-refractivity contribution in [3.63, 3.8) is 0 Å². The first-order valence-electron chi connectivity index (χ1n) is 10.2. The van der Waals surface area contributed by atoms with Crippen LogP contribution >= 0.6 is 0 Å². The van der Waals surface area contributed by atoms with Gasteiger partial charge in [-0.25, -0.2) is 0 Å². The maximum Gasteiger partial charge on any atom is 0.295 e. The number of amides is 1. The molecule has 1 aliphatic heterocycles. The summed E-state index contributed by atoms with van der Waals surface area (Å²) in [4.78, 5) is 28.7. The molecule has 0 aromatic heterocycles. The van der Waals surface area contributed by atoms with Gasteiger partial charge in [0.15, 0.2) is 11.5 Å². The molecule has 2 aromatic rings. The Labute approximate surface area is 182 Å². The van der Waals surface area contributed by atoms with Gasteiger partial charge in [-0.15, -0.1) is 0 Å². The molecular weight excluding hydrogens is 396 g/mol. The van der Waals surface area contributed by atoms with Gasteiger partial charge in [-0.05, 0) is 13.0 Å². The third kappa shape index (κ3) is 4.27. The molecule has 0 bridgehead atoms.